The summed E-state index contributed by atoms with van der Waals surface area (Å²) in [6, 6.07) is 44.6. The SMILES string of the molecule is CC(C)[C@@H](CON[C@@H](Cc1cn(C(c2ccccc2)(c2ccccc2)c2ccccc2)cn1)C(=O)N1CCC[C@@H](C(=O)OCC(Cl)(Cl)Cl)N1)NC(=O)OCC1c2ccccc2-c2ccccc21. The standard InChI is InChI=1S/C52H53Cl3N6O6/c1-35(2)47(57-50(64)65-31-44-42-25-14-12-23-40(42)41-24-13-15-26-43(41)44)32-67-59-46(48(62)61-28-16-27-45(58-61)49(63)66-33-51(53,54)55)29-39-30-60(34-56-39)52(36-17-6-3-7-18-36,37-19-8-4-9-20-37)38-21-10-5-11-22-38/h3-15,17-26,30,34-35,44-47,58-59H,16,27-29,31-33H2,1-2H3,(H,57,64)/t45-,46-,47+/m0/s1. The highest BCUT2D eigenvalue weighted by atomic mass is 35.6. The number of carbonyl (C=O) groups excluding carboxylic acids is 3. The van der Waals surface area contributed by atoms with E-state index >= 15 is 0 Å². The quantitative estimate of drug-likeness (QED) is 0.0354. The van der Waals surface area contributed by atoms with Gasteiger partial charge in [-0.1, -0.05) is 188 Å². The number of halogens is 3. The van der Waals surface area contributed by atoms with Gasteiger partial charge in [0.25, 0.3) is 5.91 Å². The van der Waals surface area contributed by atoms with Gasteiger partial charge in [0, 0.05) is 25.1 Å². The molecule has 1 aliphatic carbocycles. The maximum Gasteiger partial charge on any atom is 0.407 e. The molecule has 2 aliphatic rings. The highest BCUT2D eigenvalue weighted by molar-refractivity contribution is 6.67. The molecular formula is C52H53Cl3N6O6. The van der Waals surface area contributed by atoms with Gasteiger partial charge in [-0.2, -0.15) is 5.48 Å². The Morgan fingerprint density at radius 1 is 0.776 bits per heavy atom. The van der Waals surface area contributed by atoms with Crippen LogP contribution in [-0.2, 0) is 35.9 Å². The molecule has 0 radical (unpaired) electrons. The number of alkyl halides is 3. The summed E-state index contributed by atoms with van der Waals surface area (Å²) < 4.78 is 11.4. The Balaban J connectivity index is 1.02. The molecule has 0 unspecified atom stereocenters. The number of esters is 1. The van der Waals surface area contributed by atoms with Crippen LogP contribution in [0.4, 0.5) is 4.79 Å². The molecule has 3 atom stereocenters. The van der Waals surface area contributed by atoms with Crippen molar-refractivity contribution in [2.75, 3.05) is 26.4 Å². The van der Waals surface area contributed by atoms with E-state index in [2.05, 4.69) is 81.5 Å². The maximum absolute atomic E-state index is 14.6. The minimum atomic E-state index is -1.79. The van der Waals surface area contributed by atoms with Gasteiger partial charge >= 0.3 is 12.1 Å². The zero-order chi connectivity index (χ0) is 47.0. The molecule has 2 heterocycles. The summed E-state index contributed by atoms with van der Waals surface area (Å²) in [6.07, 6.45) is 4.15. The Hall–Kier alpha value is -5.73. The number of nitrogens with zero attached hydrogens (tertiary/aromatic N) is 3. The second kappa shape index (κ2) is 21.5. The summed E-state index contributed by atoms with van der Waals surface area (Å²) in [6.45, 7) is 3.95. The van der Waals surface area contributed by atoms with Crippen molar-refractivity contribution >= 4 is 52.8 Å². The lowest BCUT2D eigenvalue weighted by Gasteiger charge is -2.37. The van der Waals surface area contributed by atoms with E-state index in [9.17, 15) is 14.4 Å². The summed E-state index contributed by atoms with van der Waals surface area (Å²) in [5.74, 6) is -1.22. The summed E-state index contributed by atoms with van der Waals surface area (Å²) in [5, 5.41) is 4.37. The number of aromatic nitrogens is 2. The van der Waals surface area contributed by atoms with Crippen molar-refractivity contribution in [2.24, 2.45) is 5.92 Å². The van der Waals surface area contributed by atoms with Crippen molar-refractivity contribution < 1.29 is 28.7 Å². The molecular weight excluding hydrogens is 911 g/mol. The van der Waals surface area contributed by atoms with Gasteiger partial charge in [-0.25, -0.2) is 15.2 Å². The summed E-state index contributed by atoms with van der Waals surface area (Å²) in [7, 11) is 0. The van der Waals surface area contributed by atoms with Crippen molar-refractivity contribution in [3.63, 3.8) is 0 Å². The third-order valence-electron chi connectivity index (χ3n) is 12.4. The predicted octanol–water partition coefficient (Wildman–Crippen LogP) is 9.13. The van der Waals surface area contributed by atoms with Crippen LogP contribution in [0.5, 0.6) is 0 Å². The van der Waals surface area contributed by atoms with Crippen LogP contribution >= 0.6 is 34.8 Å². The third-order valence-corrected chi connectivity index (χ3v) is 12.7. The molecule has 1 saturated heterocycles. The first-order valence-electron chi connectivity index (χ1n) is 22.4. The summed E-state index contributed by atoms with van der Waals surface area (Å²) in [4.78, 5) is 52.1. The van der Waals surface area contributed by atoms with E-state index in [-0.39, 0.29) is 31.5 Å². The molecule has 67 heavy (non-hydrogen) atoms. The van der Waals surface area contributed by atoms with E-state index in [4.69, 9.17) is 54.1 Å². The molecule has 1 fully saturated rings. The first kappa shape index (κ1) is 47.8. The lowest BCUT2D eigenvalue weighted by Crippen LogP contribution is -2.60. The molecule has 12 nitrogen and oxygen atoms in total. The summed E-state index contributed by atoms with van der Waals surface area (Å²) >= 11 is 17.6. The molecule has 0 saturated carbocycles. The second-order valence-corrected chi connectivity index (χ2v) is 19.6. The second-order valence-electron chi connectivity index (χ2n) is 17.1. The largest absolute Gasteiger partial charge is 0.460 e. The number of ether oxygens (including phenoxy) is 2. The van der Waals surface area contributed by atoms with Crippen molar-refractivity contribution in [2.45, 2.75) is 66.5 Å². The fourth-order valence-electron chi connectivity index (χ4n) is 9.01. The lowest BCUT2D eigenvalue weighted by molar-refractivity contribution is -0.153. The molecule has 6 aromatic rings. The molecule has 15 heteroatoms. The Labute approximate surface area is 405 Å². The number of imidazole rings is 1. The minimum absolute atomic E-state index is 0.00137. The number of amides is 2. The first-order valence-corrected chi connectivity index (χ1v) is 23.6. The number of alkyl carbamates (subject to hydrolysis) is 1. The van der Waals surface area contributed by atoms with Crippen LogP contribution in [0.25, 0.3) is 11.1 Å². The number of nitrogens with one attached hydrogen (secondary N) is 3. The minimum Gasteiger partial charge on any atom is -0.460 e. The van der Waals surface area contributed by atoms with Gasteiger partial charge in [-0.15, -0.1) is 0 Å². The van der Waals surface area contributed by atoms with E-state index in [1.165, 1.54) is 5.01 Å². The average molecular weight is 964 g/mol. The van der Waals surface area contributed by atoms with Crippen LogP contribution < -0.4 is 16.2 Å². The number of hydrogen-bond donors (Lipinski definition) is 3. The zero-order valence-electron chi connectivity index (χ0n) is 37.2. The van der Waals surface area contributed by atoms with Gasteiger partial charge in [0.05, 0.1) is 24.7 Å². The first-order chi connectivity index (χ1) is 32.4. The fourth-order valence-corrected chi connectivity index (χ4v) is 9.18. The van der Waals surface area contributed by atoms with Gasteiger partial charge in [0.2, 0.25) is 3.79 Å². The molecule has 348 valence electrons. The molecule has 8 rings (SSSR count). The third kappa shape index (κ3) is 11.0. The number of hydrazine groups is 1. The Bertz CT molecular complexity index is 2470. The number of benzene rings is 5. The van der Waals surface area contributed by atoms with Crippen LogP contribution in [0.2, 0.25) is 0 Å². The van der Waals surface area contributed by atoms with Crippen LogP contribution in [0.3, 0.4) is 0 Å². The molecule has 3 N–H and O–H groups in total. The Morgan fingerprint density at radius 2 is 1.33 bits per heavy atom. The number of carbonyl (C=O) groups is 3. The van der Waals surface area contributed by atoms with Crippen molar-refractivity contribution in [1.29, 1.82) is 0 Å². The molecule has 1 aliphatic heterocycles. The van der Waals surface area contributed by atoms with Crippen molar-refractivity contribution in [3.8, 4) is 11.1 Å². The normalized spacial score (nSPS) is 15.9. The number of hydrogen-bond acceptors (Lipinski definition) is 9. The zero-order valence-corrected chi connectivity index (χ0v) is 39.5. The van der Waals surface area contributed by atoms with Crippen molar-refractivity contribution in [3.05, 3.63) is 186 Å². The number of rotatable bonds is 17. The monoisotopic (exact) mass is 962 g/mol. The van der Waals surface area contributed by atoms with Crippen LogP contribution in [0.15, 0.2) is 152 Å². The van der Waals surface area contributed by atoms with Gasteiger partial charge in [-0.05, 0) is 57.7 Å². The maximum atomic E-state index is 14.6. The highest BCUT2D eigenvalue weighted by Gasteiger charge is 2.40. The fraction of sp³-hybridized carbons (Fsp3) is 0.308. The molecule has 0 spiro atoms. The molecule has 2 amide bonds. The van der Waals surface area contributed by atoms with E-state index in [0.717, 1.165) is 38.9 Å². The van der Waals surface area contributed by atoms with E-state index < -0.39 is 52.0 Å². The van der Waals surface area contributed by atoms with Crippen molar-refractivity contribution in [1.82, 2.24) is 30.8 Å². The number of fused-ring (bicyclic) bond motifs is 3. The van der Waals surface area contributed by atoms with Crippen LogP contribution in [0, 0.1) is 5.92 Å². The molecule has 5 aromatic carbocycles. The lowest BCUT2D eigenvalue weighted by atomic mass is 9.77. The van der Waals surface area contributed by atoms with Crippen LogP contribution in [-0.4, -0.2) is 80.8 Å². The van der Waals surface area contributed by atoms with E-state index in [1.807, 2.05) is 98.9 Å². The predicted molar refractivity (Wildman–Crippen MR) is 259 cm³/mol. The van der Waals surface area contributed by atoms with E-state index in [1.54, 1.807) is 6.33 Å². The average Bonchev–Trinajstić information content (AvgIpc) is 3.95. The van der Waals surface area contributed by atoms with Gasteiger partial charge < -0.3 is 19.4 Å². The molecule has 1 aromatic heterocycles. The van der Waals surface area contributed by atoms with Gasteiger partial charge in [0.15, 0.2) is 0 Å². The van der Waals surface area contributed by atoms with Gasteiger partial charge in [0.1, 0.15) is 30.8 Å². The smallest absolute Gasteiger partial charge is 0.407 e. The van der Waals surface area contributed by atoms with Gasteiger partial charge in [-0.3, -0.25) is 19.4 Å². The topological polar surface area (TPSA) is 136 Å². The number of hydroxylamine groups is 1. The summed E-state index contributed by atoms with van der Waals surface area (Å²) in [5.41, 5.74) is 13.4. The Morgan fingerprint density at radius 3 is 1.88 bits per heavy atom. The Kier molecular flexibility index (Phi) is 15.3. The van der Waals surface area contributed by atoms with Crippen LogP contribution in [0.1, 0.15) is 66.1 Å². The molecule has 0 bridgehead atoms. The van der Waals surface area contributed by atoms with E-state index in [0.29, 0.717) is 25.1 Å². The highest BCUT2D eigenvalue weighted by Crippen LogP contribution is 2.45.